The van der Waals surface area contributed by atoms with Gasteiger partial charge in [-0.05, 0) is 47.0 Å². The number of phenols is 1. The molecule has 8 heteroatoms. The maximum Gasteiger partial charge on any atom is 0.338 e. The summed E-state index contributed by atoms with van der Waals surface area (Å²) in [6, 6.07) is 28.8. The van der Waals surface area contributed by atoms with Crippen LogP contribution in [-0.2, 0) is 27.5 Å². The molecule has 0 spiro atoms. The van der Waals surface area contributed by atoms with Gasteiger partial charge in [-0.1, -0.05) is 72.8 Å². The summed E-state index contributed by atoms with van der Waals surface area (Å²) in [6.45, 7) is 0.0850. The molecule has 1 amide bonds. The molecular formula is C31H28N2O6. The molecule has 4 aromatic rings. The van der Waals surface area contributed by atoms with E-state index in [1.807, 2.05) is 60.7 Å². The number of esters is 2. The Morgan fingerprint density at radius 3 is 1.67 bits per heavy atom. The molecule has 0 aliphatic heterocycles. The number of ether oxygens (including phenoxy) is 2. The smallest absolute Gasteiger partial charge is 0.338 e. The van der Waals surface area contributed by atoms with Crippen molar-refractivity contribution in [3.63, 3.8) is 0 Å². The molecule has 0 radical (unpaired) electrons. The van der Waals surface area contributed by atoms with Crippen molar-refractivity contribution in [2.75, 3.05) is 11.9 Å². The summed E-state index contributed by atoms with van der Waals surface area (Å²) in [5.41, 5.74) is 8.44. The van der Waals surface area contributed by atoms with Crippen molar-refractivity contribution in [3.8, 4) is 5.75 Å². The molecule has 4 rings (SSSR count). The maximum atomic E-state index is 13.1. The summed E-state index contributed by atoms with van der Waals surface area (Å²) in [5.74, 6) is -2.44. The summed E-state index contributed by atoms with van der Waals surface area (Å²) in [4.78, 5) is 39.0. The lowest BCUT2D eigenvalue weighted by molar-refractivity contribution is -0.117. The van der Waals surface area contributed by atoms with E-state index in [2.05, 4.69) is 5.32 Å². The first-order valence-electron chi connectivity index (χ1n) is 12.3. The number of carbonyl (C=O) groups is 3. The fraction of sp³-hybridized carbons (Fsp3) is 0.129. The fourth-order valence-corrected chi connectivity index (χ4v) is 3.88. The Labute approximate surface area is 226 Å². The Hall–Kier alpha value is -4.95. The van der Waals surface area contributed by atoms with Gasteiger partial charge >= 0.3 is 11.9 Å². The van der Waals surface area contributed by atoms with Gasteiger partial charge in [0.15, 0.2) is 0 Å². The molecule has 0 heterocycles. The van der Waals surface area contributed by atoms with Crippen LogP contribution < -0.4 is 11.1 Å². The van der Waals surface area contributed by atoms with Crippen LogP contribution in [0.3, 0.4) is 0 Å². The highest BCUT2D eigenvalue weighted by Crippen LogP contribution is 2.23. The van der Waals surface area contributed by atoms with Gasteiger partial charge in [-0.3, -0.25) is 4.79 Å². The van der Waals surface area contributed by atoms with E-state index in [9.17, 15) is 19.5 Å². The van der Waals surface area contributed by atoms with E-state index < -0.39 is 23.8 Å². The highest BCUT2D eigenvalue weighted by atomic mass is 16.5. The van der Waals surface area contributed by atoms with Gasteiger partial charge < -0.3 is 25.6 Å². The number of nitrogens with one attached hydrogen (secondary N) is 1. The van der Waals surface area contributed by atoms with Crippen molar-refractivity contribution in [1.29, 1.82) is 0 Å². The van der Waals surface area contributed by atoms with E-state index in [0.29, 0.717) is 5.56 Å². The minimum Gasteiger partial charge on any atom is -0.508 e. The molecule has 1 atom stereocenters. The monoisotopic (exact) mass is 524 g/mol. The predicted octanol–water partition coefficient (Wildman–Crippen LogP) is 4.79. The first-order valence-corrected chi connectivity index (χ1v) is 12.3. The van der Waals surface area contributed by atoms with Gasteiger partial charge in [-0.2, -0.15) is 0 Å². The third kappa shape index (κ3) is 7.53. The molecule has 198 valence electrons. The molecule has 39 heavy (non-hydrogen) atoms. The average molecular weight is 525 g/mol. The van der Waals surface area contributed by atoms with E-state index in [4.69, 9.17) is 15.2 Å². The number of hydrogen-bond acceptors (Lipinski definition) is 7. The predicted molar refractivity (Wildman–Crippen MR) is 146 cm³/mol. The van der Waals surface area contributed by atoms with Gasteiger partial charge in [-0.15, -0.1) is 0 Å². The number of phenolic OH excluding ortho intramolecular Hbond substituents is 1. The second-order valence-electron chi connectivity index (χ2n) is 8.79. The molecule has 0 fully saturated rings. The highest BCUT2D eigenvalue weighted by molar-refractivity contribution is 6.01. The molecule has 0 aromatic heterocycles. The number of hydrogen-bond donors (Lipinski definition) is 3. The van der Waals surface area contributed by atoms with Crippen LogP contribution in [0.15, 0.2) is 103 Å². The van der Waals surface area contributed by atoms with E-state index >= 15 is 0 Å². The first kappa shape index (κ1) is 27.1. The van der Waals surface area contributed by atoms with Crippen molar-refractivity contribution in [2.45, 2.75) is 19.1 Å². The zero-order valence-corrected chi connectivity index (χ0v) is 21.1. The molecule has 8 nitrogen and oxygen atoms in total. The van der Waals surface area contributed by atoms with Crippen LogP contribution in [0.2, 0.25) is 0 Å². The Balaban J connectivity index is 1.56. The molecule has 4 N–H and O–H groups in total. The average Bonchev–Trinajstić information content (AvgIpc) is 2.97. The van der Waals surface area contributed by atoms with Crippen LogP contribution in [0.25, 0.3) is 0 Å². The second kappa shape index (κ2) is 13.0. The molecule has 4 aromatic carbocycles. The fourth-order valence-electron chi connectivity index (χ4n) is 3.88. The number of benzene rings is 4. The first-order chi connectivity index (χ1) is 18.9. The summed E-state index contributed by atoms with van der Waals surface area (Å²) >= 11 is 0. The second-order valence-corrected chi connectivity index (χ2v) is 8.79. The highest BCUT2D eigenvalue weighted by Gasteiger charge is 2.22. The Morgan fingerprint density at radius 2 is 1.21 bits per heavy atom. The van der Waals surface area contributed by atoms with Gasteiger partial charge in [-0.25, -0.2) is 9.59 Å². The van der Waals surface area contributed by atoms with Gasteiger partial charge in [0.25, 0.3) is 0 Å². The Morgan fingerprint density at radius 1 is 0.718 bits per heavy atom. The van der Waals surface area contributed by atoms with E-state index in [1.54, 1.807) is 12.1 Å². The molecule has 0 saturated heterocycles. The number of anilines is 1. The summed E-state index contributed by atoms with van der Waals surface area (Å²) < 4.78 is 10.9. The van der Waals surface area contributed by atoms with Crippen LogP contribution in [0.1, 0.15) is 43.3 Å². The Bertz CT molecular complexity index is 1350. The normalized spacial score (nSPS) is 11.3. The van der Waals surface area contributed by atoms with E-state index in [1.165, 1.54) is 30.3 Å². The topological polar surface area (TPSA) is 128 Å². The number of amides is 1. The summed E-state index contributed by atoms with van der Waals surface area (Å²) in [7, 11) is 0. The van der Waals surface area contributed by atoms with Crippen molar-refractivity contribution in [3.05, 3.63) is 131 Å². The Kier molecular flexibility index (Phi) is 9.05. The van der Waals surface area contributed by atoms with Crippen LogP contribution in [0.4, 0.5) is 5.69 Å². The van der Waals surface area contributed by atoms with E-state index in [-0.39, 0.29) is 42.3 Å². The number of rotatable bonds is 10. The molecule has 0 saturated carbocycles. The zero-order chi connectivity index (χ0) is 27.6. The molecule has 0 aliphatic rings. The lowest BCUT2D eigenvalue weighted by Crippen LogP contribution is -2.27. The lowest BCUT2D eigenvalue weighted by Gasteiger charge is -2.17. The lowest BCUT2D eigenvalue weighted by atomic mass is 9.98. The minimum atomic E-state index is -0.729. The van der Waals surface area contributed by atoms with Crippen molar-refractivity contribution in [2.24, 2.45) is 5.73 Å². The number of carbonyl (C=O) groups excluding carboxylic acids is 3. The third-order valence-electron chi connectivity index (χ3n) is 5.95. The van der Waals surface area contributed by atoms with Crippen molar-refractivity contribution < 1.29 is 29.0 Å². The van der Waals surface area contributed by atoms with Gasteiger partial charge in [0.1, 0.15) is 19.0 Å². The third-order valence-corrected chi connectivity index (χ3v) is 5.95. The molecule has 0 bridgehead atoms. The number of nitrogens with two attached hydrogens (primary N) is 1. The SMILES string of the molecule is NCC(C(=O)Nc1cc(C(=O)OCc2ccccc2)cc(C(=O)OCc2ccccc2)c1)c1ccc(O)cc1. The number of aromatic hydroxyl groups is 1. The van der Waals surface area contributed by atoms with Crippen molar-refractivity contribution >= 4 is 23.5 Å². The largest absolute Gasteiger partial charge is 0.508 e. The zero-order valence-electron chi connectivity index (χ0n) is 21.1. The quantitative estimate of drug-likeness (QED) is 0.255. The van der Waals surface area contributed by atoms with Crippen LogP contribution in [0.5, 0.6) is 5.75 Å². The maximum absolute atomic E-state index is 13.1. The molecule has 0 aliphatic carbocycles. The van der Waals surface area contributed by atoms with Gasteiger partial charge in [0.2, 0.25) is 5.91 Å². The summed E-state index contributed by atoms with van der Waals surface area (Å²) in [5, 5.41) is 12.3. The summed E-state index contributed by atoms with van der Waals surface area (Å²) in [6.07, 6.45) is 0. The minimum absolute atomic E-state index is 0.00138. The van der Waals surface area contributed by atoms with Crippen LogP contribution in [0, 0.1) is 0 Å². The van der Waals surface area contributed by atoms with Crippen LogP contribution in [-0.4, -0.2) is 29.5 Å². The van der Waals surface area contributed by atoms with E-state index in [0.717, 1.165) is 11.1 Å². The van der Waals surface area contributed by atoms with Gasteiger partial charge in [0.05, 0.1) is 17.0 Å². The standard InChI is InChI=1S/C31H28N2O6/c32-18-28(23-11-13-27(34)14-12-23)29(35)33-26-16-24(30(36)38-19-21-7-3-1-4-8-21)15-25(17-26)31(37)39-20-22-9-5-2-6-10-22/h1-17,28,34H,18-20,32H2,(H,33,35). The molecule has 1 unspecified atom stereocenters. The van der Waals surface area contributed by atoms with Crippen LogP contribution >= 0.6 is 0 Å². The molecular weight excluding hydrogens is 496 g/mol. The van der Waals surface area contributed by atoms with Gasteiger partial charge in [0, 0.05) is 12.2 Å². The van der Waals surface area contributed by atoms with Crippen molar-refractivity contribution in [1.82, 2.24) is 0 Å².